The third-order valence-corrected chi connectivity index (χ3v) is 4.24. The first kappa shape index (κ1) is 12.8. The maximum atomic E-state index is 11.2. The number of nitriles is 1. The van der Waals surface area contributed by atoms with E-state index < -0.39 is 10.1 Å². The average molecular weight is 267 g/mol. The summed E-state index contributed by atoms with van der Waals surface area (Å²) in [7, 11) is -2.21. The van der Waals surface area contributed by atoms with Crippen LogP contribution in [0.1, 0.15) is 5.56 Å². The predicted molar refractivity (Wildman–Crippen MR) is 65.5 cm³/mol. The van der Waals surface area contributed by atoms with Gasteiger partial charge in [-0.3, -0.25) is 4.18 Å². The molecule has 2 heterocycles. The lowest BCUT2D eigenvalue weighted by atomic mass is 10.0. The van der Waals surface area contributed by atoms with Gasteiger partial charge in [-0.2, -0.15) is 13.7 Å². The molecule has 0 spiro atoms. The molecule has 0 saturated carbocycles. The van der Waals surface area contributed by atoms with Gasteiger partial charge in [0.05, 0.1) is 18.4 Å². The molecule has 1 aliphatic heterocycles. The van der Waals surface area contributed by atoms with Crippen molar-refractivity contribution < 1.29 is 12.6 Å². The zero-order chi connectivity index (χ0) is 13.2. The van der Waals surface area contributed by atoms with Crippen molar-refractivity contribution in [1.82, 2.24) is 4.98 Å². The quantitative estimate of drug-likeness (QED) is 0.733. The highest BCUT2D eigenvalue weighted by Crippen LogP contribution is 2.23. The lowest BCUT2D eigenvalue weighted by molar-refractivity contribution is 0.373. The van der Waals surface area contributed by atoms with E-state index in [0.29, 0.717) is 18.7 Å². The van der Waals surface area contributed by atoms with Crippen LogP contribution in [0.25, 0.3) is 0 Å². The van der Waals surface area contributed by atoms with Crippen LogP contribution in [0.2, 0.25) is 0 Å². The molecule has 0 atom stereocenters. The molecule has 0 unspecified atom stereocenters. The molecule has 0 radical (unpaired) electrons. The van der Waals surface area contributed by atoms with Crippen molar-refractivity contribution in [1.29, 1.82) is 5.26 Å². The Balaban J connectivity index is 1.91. The fourth-order valence-electron chi connectivity index (χ4n) is 1.86. The topological polar surface area (TPSA) is 83.3 Å². The van der Waals surface area contributed by atoms with Crippen molar-refractivity contribution in [2.45, 2.75) is 0 Å². The fourth-order valence-corrected chi connectivity index (χ4v) is 2.78. The van der Waals surface area contributed by atoms with Gasteiger partial charge in [-0.1, -0.05) is 0 Å². The number of rotatable bonds is 4. The highest BCUT2D eigenvalue weighted by molar-refractivity contribution is 7.86. The second-order valence-electron chi connectivity index (χ2n) is 4.18. The minimum atomic E-state index is -3.39. The van der Waals surface area contributed by atoms with Crippen LogP contribution < -0.4 is 4.90 Å². The summed E-state index contributed by atoms with van der Waals surface area (Å²) < 4.78 is 26.9. The van der Waals surface area contributed by atoms with Crippen LogP contribution in [0.4, 0.5) is 5.82 Å². The largest absolute Gasteiger partial charge is 0.356 e. The summed E-state index contributed by atoms with van der Waals surface area (Å²) in [6, 6.07) is 5.46. The number of hydrogen-bond donors (Lipinski definition) is 0. The maximum absolute atomic E-state index is 11.2. The van der Waals surface area contributed by atoms with Crippen LogP contribution in [-0.2, 0) is 14.3 Å². The smallest absolute Gasteiger partial charge is 0.267 e. The Hall–Kier alpha value is -1.65. The van der Waals surface area contributed by atoms with Crippen LogP contribution in [-0.4, -0.2) is 39.4 Å². The van der Waals surface area contributed by atoms with Gasteiger partial charge < -0.3 is 4.90 Å². The minimum Gasteiger partial charge on any atom is -0.356 e. The monoisotopic (exact) mass is 267 g/mol. The molecule has 96 valence electrons. The van der Waals surface area contributed by atoms with Gasteiger partial charge in [0.15, 0.2) is 0 Å². The van der Waals surface area contributed by atoms with Gasteiger partial charge in [0.2, 0.25) is 0 Å². The van der Waals surface area contributed by atoms with Gasteiger partial charge in [0.25, 0.3) is 10.1 Å². The van der Waals surface area contributed by atoms with Gasteiger partial charge in [0.1, 0.15) is 11.9 Å². The molecule has 1 fully saturated rings. The minimum absolute atomic E-state index is 0.0380. The van der Waals surface area contributed by atoms with E-state index in [1.165, 1.54) is 13.3 Å². The zero-order valence-electron chi connectivity index (χ0n) is 9.91. The normalized spacial score (nSPS) is 16.1. The molecule has 1 aromatic heterocycles. The molecular weight excluding hydrogens is 254 g/mol. The molecular formula is C11H13N3O3S. The Morgan fingerprint density at radius 1 is 1.56 bits per heavy atom. The van der Waals surface area contributed by atoms with Crippen LogP contribution in [0, 0.1) is 17.2 Å². The van der Waals surface area contributed by atoms with Crippen molar-refractivity contribution in [3.05, 3.63) is 23.9 Å². The van der Waals surface area contributed by atoms with Crippen molar-refractivity contribution in [2.24, 2.45) is 5.92 Å². The summed E-state index contributed by atoms with van der Waals surface area (Å²) in [5, 5.41) is 8.65. The third kappa shape index (κ3) is 2.78. The van der Waals surface area contributed by atoms with Crippen LogP contribution in [0.5, 0.6) is 0 Å². The van der Waals surface area contributed by atoms with Crippen LogP contribution >= 0.6 is 0 Å². The molecule has 0 bridgehead atoms. The zero-order valence-corrected chi connectivity index (χ0v) is 10.7. The predicted octanol–water partition coefficient (Wildman–Crippen LogP) is 0.366. The second-order valence-corrected chi connectivity index (χ2v) is 5.96. The van der Waals surface area contributed by atoms with E-state index in [0.717, 1.165) is 5.82 Å². The molecule has 6 nitrogen and oxygen atoms in total. The maximum Gasteiger partial charge on any atom is 0.267 e. The van der Waals surface area contributed by atoms with Crippen molar-refractivity contribution in [3.63, 3.8) is 0 Å². The average Bonchev–Trinajstić information content (AvgIpc) is 2.34. The van der Waals surface area contributed by atoms with E-state index in [1.807, 2.05) is 11.0 Å². The summed E-state index contributed by atoms with van der Waals surface area (Å²) in [5.74, 6) is 0.878. The molecule has 7 heteroatoms. The number of hydrogen-bond acceptors (Lipinski definition) is 6. The number of anilines is 1. The lowest BCUT2D eigenvalue weighted by Crippen LogP contribution is -2.50. The first-order valence-electron chi connectivity index (χ1n) is 5.43. The first-order valence-corrected chi connectivity index (χ1v) is 7.01. The van der Waals surface area contributed by atoms with E-state index in [4.69, 9.17) is 5.26 Å². The van der Waals surface area contributed by atoms with E-state index >= 15 is 0 Å². The van der Waals surface area contributed by atoms with Crippen molar-refractivity contribution in [2.75, 3.05) is 30.9 Å². The Morgan fingerprint density at radius 3 is 2.78 bits per heavy atom. The van der Waals surface area contributed by atoms with Gasteiger partial charge in [-0.15, -0.1) is 0 Å². The molecule has 2 rings (SSSR count). The molecule has 0 amide bonds. The van der Waals surface area contributed by atoms with Crippen LogP contribution in [0.15, 0.2) is 18.3 Å². The fraction of sp³-hybridized carbons (Fsp3) is 0.455. The second kappa shape index (κ2) is 4.92. The standard InChI is InChI=1S/C11H13N3O3S/c1-17-18(15,16)8-10-6-14(7-10)11-3-2-9(4-12)5-13-11/h2-3,5,10H,6-8H2,1H3. The van der Waals surface area contributed by atoms with E-state index in [9.17, 15) is 8.42 Å². The van der Waals surface area contributed by atoms with Crippen LogP contribution in [0.3, 0.4) is 0 Å². The Morgan fingerprint density at radius 2 is 2.28 bits per heavy atom. The first-order chi connectivity index (χ1) is 8.54. The number of aromatic nitrogens is 1. The Labute approximate surface area is 106 Å². The Bertz CT molecular complexity index is 556. The van der Waals surface area contributed by atoms with Gasteiger partial charge >= 0.3 is 0 Å². The SMILES string of the molecule is COS(=O)(=O)CC1CN(c2ccc(C#N)cn2)C1. The molecule has 0 aromatic carbocycles. The van der Waals surface area contributed by atoms with Gasteiger partial charge in [-0.25, -0.2) is 4.98 Å². The third-order valence-electron chi connectivity index (χ3n) is 2.85. The van der Waals surface area contributed by atoms with E-state index in [-0.39, 0.29) is 11.7 Å². The summed E-state index contributed by atoms with van der Waals surface area (Å²) in [5.41, 5.74) is 0.512. The van der Waals surface area contributed by atoms with Gasteiger partial charge in [0, 0.05) is 25.2 Å². The molecule has 0 N–H and O–H groups in total. The molecule has 1 aliphatic rings. The van der Waals surface area contributed by atoms with Gasteiger partial charge in [-0.05, 0) is 12.1 Å². The summed E-state index contributed by atoms with van der Waals surface area (Å²) in [4.78, 5) is 6.11. The molecule has 1 saturated heterocycles. The number of nitrogens with zero attached hydrogens (tertiary/aromatic N) is 3. The van der Waals surface area contributed by atoms with Crippen molar-refractivity contribution in [3.8, 4) is 6.07 Å². The summed E-state index contributed by atoms with van der Waals surface area (Å²) >= 11 is 0. The highest BCUT2D eigenvalue weighted by Gasteiger charge is 2.31. The van der Waals surface area contributed by atoms with E-state index in [2.05, 4.69) is 9.17 Å². The van der Waals surface area contributed by atoms with Crippen molar-refractivity contribution >= 4 is 15.9 Å². The summed E-state index contributed by atoms with van der Waals surface area (Å²) in [6.07, 6.45) is 1.51. The van der Waals surface area contributed by atoms with E-state index in [1.54, 1.807) is 12.1 Å². The molecule has 18 heavy (non-hydrogen) atoms. The summed E-state index contributed by atoms with van der Waals surface area (Å²) in [6.45, 7) is 1.28. The molecule has 0 aliphatic carbocycles. The Kier molecular flexibility index (Phi) is 3.50. The lowest BCUT2D eigenvalue weighted by Gasteiger charge is -2.39. The number of pyridine rings is 1. The molecule has 1 aromatic rings. The highest BCUT2D eigenvalue weighted by atomic mass is 32.2.